The van der Waals surface area contributed by atoms with Crippen molar-refractivity contribution in [2.45, 2.75) is 51.5 Å². The third-order valence-corrected chi connectivity index (χ3v) is 5.69. The first-order valence-corrected chi connectivity index (χ1v) is 9.64. The van der Waals surface area contributed by atoms with Crippen molar-refractivity contribution >= 4 is 5.91 Å². The molecule has 1 aromatic carbocycles. The summed E-state index contributed by atoms with van der Waals surface area (Å²) in [5, 5.41) is 0. The fourth-order valence-electron chi connectivity index (χ4n) is 3.93. The highest BCUT2D eigenvalue weighted by Gasteiger charge is 2.29. The molecule has 1 aliphatic carbocycles. The van der Waals surface area contributed by atoms with Gasteiger partial charge in [-0.3, -0.25) is 4.79 Å². The maximum atomic E-state index is 13.5. The summed E-state index contributed by atoms with van der Waals surface area (Å²) in [6.45, 7) is 4.49. The smallest absolute Gasteiger partial charge is 0.227 e. The second kappa shape index (κ2) is 7.22. The van der Waals surface area contributed by atoms with Crippen LogP contribution in [0.5, 0.6) is 0 Å². The zero-order valence-corrected chi connectivity index (χ0v) is 15.3. The second-order valence-electron chi connectivity index (χ2n) is 7.81. The number of piperidine rings is 1. The fourth-order valence-corrected chi connectivity index (χ4v) is 3.93. The highest BCUT2D eigenvalue weighted by atomic mass is 19.1. The number of likely N-dealkylation sites (tertiary alicyclic amines) is 1. The van der Waals surface area contributed by atoms with E-state index in [1.165, 1.54) is 25.0 Å². The highest BCUT2D eigenvalue weighted by Crippen LogP contribution is 2.33. The van der Waals surface area contributed by atoms with Crippen LogP contribution < -0.4 is 0 Å². The van der Waals surface area contributed by atoms with E-state index in [0.717, 1.165) is 55.3 Å². The summed E-state index contributed by atoms with van der Waals surface area (Å²) in [6, 6.07) is 4.67. The van der Waals surface area contributed by atoms with Crippen LogP contribution in [0.4, 0.5) is 4.39 Å². The number of carbonyl (C=O) groups excluding carboxylic acids is 1. The predicted octanol–water partition coefficient (Wildman–Crippen LogP) is 3.69. The Morgan fingerprint density at radius 3 is 2.96 bits per heavy atom. The Bertz CT molecular complexity index is 796. The summed E-state index contributed by atoms with van der Waals surface area (Å²) in [4.78, 5) is 19.3. The van der Waals surface area contributed by atoms with Crippen LogP contribution in [0.3, 0.4) is 0 Å². The summed E-state index contributed by atoms with van der Waals surface area (Å²) >= 11 is 0. The van der Waals surface area contributed by atoms with Gasteiger partial charge in [0.1, 0.15) is 11.6 Å². The topological polar surface area (TPSA) is 38.1 Å². The molecule has 26 heavy (non-hydrogen) atoms. The van der Waals surface area contributed by atoms with Crippen molar-refractivity contribution in [3.8, 4) is 0 Å². The standard InChI is InChI=1S/C21H26FN3O/c1-15-4-7-19(22)11-18(15)12-20(26)24-9-2-3-17(14-24)21-23-8-10-25(21)13-16-5-6-16/h4,7-8,10-11,16-17H,2-3,5-6,9,12-14H2,1H3. The van der Waals surface area contributed by atoms with E-state index in [2.05, 4.69) is 15.7 Å². The molecule has 5 heteroatoms. The largest absolute Gasteiger partial charge is 0.342 e. The maximum absolute atomic E-state index is 13.5. The number of hydrogen-bond donors (Lipinski definition) is 0. The zero-order valence-electron chi connectivity index (χ0n) is 15.3. The number of halogens is 1. The number of aryl methyl sites for hydroxylation is 1. The Morgan fingerprint density at radius 1 is 1.31 bits per heavy atom. The number of hydrogen-bond acceptors (Lipinski definition) is 2. The lowest BCUT2D eigenvalue weighted by atomic mass is 9.96. The Kier molecular flexibility index (Phi) is 4.79. The molecule has 1 amide bonds. The molecule has 4 nitrogen and oxygen atoms in total. The number of rotatable bonds is 5. The van der Waals surface area contributed by atoms with Crippen molar-refractivity contribution in [1.29, 1.82) is 0 Å². The van der Waals surface area contributed by atoms with Crippen LogP contribution in [-0.2, 0) is 17.8 Å². The number of carbonyl (C=O) groups is 1. The first kappa shape index (κ1) is 17.3. The molecule has 138 valence electrons. The van der Waals surface area contributed by atoms with Crippen molar-refractivity contribution in [3.63, 3.8) is 0 Å². The van der Waals surface area contributed by atoms with Gasteiger partial charge < -0.3 is 9.47 Å². The van der Waals surface area contributed by atoms with E-state index in [1.807, 2.05) is 18.0 Å². The van der Waals surface area contributed by atoms with E-state index >= 15 is 0 Å². The molecule has 0 spiro atoms. The van der Waals surface area contributed by atoms with Crippen molar-refractivity contribution in [3.05, 3.63) is 53.4 Å². The van der Waals surface area contributed by atoms with E-state index in [1.54, 1.807) is 6.07 Å². The van der Waals surface area contributed by atoms with Gasteiger partial charge in [0.25, 0.3) is 0 Å². The van der Waals surface area contributed by atoms with Gasteiger partial charge in [0, 0.05) is 37.9 Å². The molecule has 1 aromatic heterocycles. The van der Waals surface area contributed by atoms with Gasteiger partial charge in [-0.25, -0.2) is 9.37 Å². The molecule has 1 aliphatic heterocycles. The lowest BCUT2D eigenvalue weighted by Crippen LogP contribution is -2.40. The minimum Gasteiger partial charge on any atom is -0.342 e. The third kappa shape index (κ3) is 3.81. The first-order valence-electron chi connectivity index (χ1n) is 9.64. The third-order valence-electron chi connectivity index (χ3n) is 5.69. The fraction of sp³-hybridized carbons (Fsp3) is 0.524. The molecule has 2 aromatic rings. The molecule has 2 heterocycles. The quantitative estimate of drug-likeness (QED) is 0.820. The molecule has 1 saturated carbocycles. The predicted molar refractivity (Wildman–Crippen MR) is 98.3 cm³/mol. The molecule has 0 bridgehead atoms. The average Bonchev–Trinajstić information content (AvgIpc) is 3.33. The van der Waals surface area contributed by atoms with Crippen LogP contribution in [0.25, 0.3) is 0 Å². The van der Waals surface area contributed by atoms with Gasteiger partial charge in [-0.05, 0) is 61.8 Å². The van der Waals surface area contributed by atoms with Crippen LogP contribution in [-0.4, -0.2) is 33.4 Å². The van der Waals surface area contributed by atoms with E-state index in [9.17, 15) is 9.18 Å². The lowest BCUT2D eigenvalue weighted by Gasteiger charge is -2.33. The van der Waals surface area contributed by atoms with Crippen LogP contribution in [0.15, 0.2) is 30.6 Å². The van der Waals surface area contributed by atoms with Gasteiger partial charge >= 0.3 is 0 Å². The highest BCUT2D eigenvalue weighted by molar-refractivity contribution is 5.79. The summed E-state index contributed by atoms with van der Waals surface area (Å²) in [5.74, 6) is 2.03. The molecule has 0 N–H and O–H groups in total. The average molecular weight is 355 g/mol. The lowest BCUT2D eigenvalue weighted by molar-refractivity contribution is -0.131. The molecule has 1 atom stereocenters. The summed E-state index contributed by atoms with van der Waals surface area (Å²) in [5.41, 5.74) is 1.75. The van der Waals surface area contributed by atoms with E-state index < -0.39 is 0 Å². The van der Waals surface area contributed by atoms with Crippen LogP contribution in [0.2, 0.25) is 0 Å². The van der Waals surface area contributed by atoms with E-state index in [0.29, 0.717) is 5.92 Å². The van der Waals surface area contributed by atoms with Gasteiger partial charge in [-0.2, -0.15) is 0 Å². The van der Waals surface area contributed by atoms with Crippen molar-refractivity contribution in [2.24, 2.45) is 5.92 Å². The normalized spacial score (nSPS) is 20.4. The summed E-state index contributed by atoms with van der Waals surface area (Å²) in [7, 11) is 0. The van der Waals surface area contributed by atoms with Crippen LogP contribution in [0.1, 0.15) is 48.6 Å². The van der Waals surface area contributed by atoms with Gasteiger partial charge in [0.15, 0.2) is 0 Å². The number of aromatic nitrogens is 2. The SMILES string of the molecule is Cc1ccc(F)cc1CC(=O)N1CCCC(c2nccn2CC2CC2)C1. The first-order chi connectivity index (χ1) is 12.6. The Balaban J connectivity index is 1.44. The monoisotopic (exact) mass is 355 g/mol. The van der Waals surface area contributed by atoms with Gasteiger partial charge in [0.05, 0.1) is 6.42 Å². The molecule has 1 saturated heterocycles. The molecular weight excluding hydrogens is 329 g/mol. The minimum atomic E-state index is -0.281. The van der Waals surface area contributed by atoms with Gasteiger partial charge in [-0.15, -0.1) is 0 Å². The maximum Gasteiger partial charge on any atom is 0.227 e. The number of nitrogens with zero attached hydrogens (tertiary/aromatic N) is 3. The summed E-state index contributed by atoms with van der Waals surface area (Å²) in [6.07, 6.45) is 8.94. The van der Waals surface area contributed by atoms with E-state index in [-0.39, 0.29) is 18.1 Å². The Labute approximate surface area is 154 Å². The van der Waals surface area contributed by atoms with Gasteiger partial charge in [-0.1, -0.05) is 6.07 Å². The van der Waals surface area contributed by atoms with Gasteiger partial charge in [0.2, 0.25) is 5.91 Å². The van der Waals surface area contributed by atoms with Crippen molar-refractivity contribution in [1.82, 2.24) is 14.5 Å². The number of amides is 1. The molecule has 2 fully saturated rings. The van der Waals surface area contributed by atoms with Crippen molar-refractivity contribution in [2.75, 3.05) is 13.1 Å². The van der Waals surface area contributed by atoms with Crippen LogP contribution in [0, 0.1) is 18.7 Å². The second-order valence-corrected chi connectivity index (χ2v) is 7.81. The molecule has 4 rings (SSSR count). The Hall–Kier alpha value is -2.17. The van der Waals surface area contributed by atoms with E-state index in [4.69, 9.17) is 0 Å². The molecule has 2 aliphatic rings. The van der Waals surface area contributed by atoms with Crippen LogP contribution >= 0.6 is 0 Å². The summed E-state index contributed by atoms with van der Waals surface area (Å²) < 4.78 is 15.8. The number of benzene rings is 1. The zero-order chi connectivity index (χ0) is 18.1. The molecule has 1 unspecified atom stereocenters. The molecule has 0 radical (unpaired) electrons. The molecular formula is C21H26FN3O. The minimum absolute atomic E-state index is 0.0868. The van der Waals surface area contributed by atoms with Crippen molar-refractivity contribution < 1.29 is 9.18 Å². The Morgan fingerprint density at radius 2 is 2.15 bits per heavy atom. The number of imidazole rings is 1.